The number of rotatable bonds is 5. The highest BCUT2D eigenvalue weighted by atomic mass is 16.8. The van der Waals surface area contributed by atoms with Crippen LogP contribution >= 0.6 is 0 Å². The molecule has 0 aliphatic rings. The third-order valence-electron chi connectivity index (χ3n) is 1.37. The van der Waals surface area contributed by atoms with E-state index in [1.54, 1.807) is 6.92 Å². The third-order valence-corrected chi connectivity index (χ3v) is 1.37. The molecule has 70 valence electrons. The lowest BCUT2D eigenvalue weighted by Gasteiger charge is -2.18. The van der Waals surface area contributed by atoms with Crippen LogP contribution in [-0.4, -0.2) is 40.9 Å². The minimum Gasteiger partial charge on any atom is -0.456 e. The molecule has 0 rings (SSSR count). The van der Waals surface area contributed by atoms with Crippen LogP contribution in [0.1, 0.15) is 6.92 Å². The Kier molecular flexibility index (Phi) is 4.50. The summed E-state index contributed by atoms with van der Waals surface area (Å²) in [6.07, 6.45) is 1.02. The van der Waals surface area contributed by atoms with Crippen LogP contribution in [0.25, 0.3) is 0 Å². The number of nitrogens with zero attached hydrogens (tertiary/aromatic N) is 1. The summed E-state index contributed by atoms with van der Waals surface area (Å²) >= 11 is 0. The summed E-state index contributed by atoms with van der Waals surface area (Å²) in [5.74, 6) is -0.564. The molecule has 0 amide bonds. The van der Waals surface area contributed by atoms with Gasteiger partial charge < -0.3 is 4.74 Å². The van der Waals surface area contributed by atoms with Gasteiger partial charge in [0, 0.05) is 6.08 Å². The number of carbonyl (C=O) groups is 1. The summed E-state index contributed by atoms with van der Waals surface area (Å²) < 4.78 is 4.54. The molecule has 0 saturated carbocycles. The van der Waals surface area contributed by atoms with Gasteiger partial charge >= 0.3 is 5.97 Å². The number of esters is 1. The largest absolute Gasteiger partial charge is 0.456 e. The first-order valence-electron chi connectivity index (χ1n) is 3.63. The number of hydroxylamine groups is 4. The molecule has 0 unspecified atom stereocenters. The van der Waals surface area contributed by atoms with Crippen LogP contribution in [0.15, 0.2) is 12.7 Å². The van der Waals surface area contributed by atoms with Crippen molar-refractivity contribution < 1.29 is 24.8 Å². The highest BCUT2D eigenvalue weighted by Gasteiger charge is 2.19. The van der Waals surface area contributed by atoms with Gasteiger partial charge in [0.1, 0.15) is 13.2 Å². The van der Waals surface area contributed by atoms with E-state index in [-0.39, 0.29) is 19.7 Å². The minimum atomic E-state index is -1.13. The molecule has 0 radical (unpaired) electrons. The summed E-state index contributed by atoms with van der Waals surface area (Å²) in [6, 6.07) is 0. The molecule has 0 aromatic carbocycles. The monoisotopic (exact) mass is 176 g/mol. The van der Waals surface area contributed by atoms with Gasteiger partial charge in [-0.05, 0) is 11.7 Å². The fourth-order valence-corrected chi connectivity index (χ4v) is 0.509. The topological polar surface area (TPSA) is 66.8 Å². The smallest absolute Gasteiger partial charge is 0.330 e. The van der Waals surface area contributed by atoms with Crippen molar-refractivity contribution in [3.05, 3.63) is 12.7 Å². The number of carbonyl (C=O) groups excluding carboxylic acids is 1. The molecule has 0 heterocycles. The van der Waals surface area contributed by atoms with Crippen molar-refractivity contribution in [2.75, 3.05) is 19.7 Å². The zero-order valence-corrected chi connectivity index (χ0v) is 7.06. The molecule has 0 aromatic rings. The summed E-state index contributed by atoms with van der Waals surface area (Å²) in [5, 5.41) is 18.0. The Hall–Kier alpha value is -0.910. The van der Waals surface area contributed by atoms with Crippen molar-refractivity contribution in [2.24, 2.45) is 0 Å². The first-order valence-corrected chi connectivity index (χ1v) is 3.63. The fraction of sp³-hybridized carbons (Fsp3) is 0.571. The molecule has 0 spiro atoms. The van der Waals surface area contributed by atoms with Crippen LogP contribution in [0.3, 0.4) is 0 Å². The average molecular weight is 176 g/mol. The summed E-state index contributed by atoms with van der Waals surface area (Å²) in [5.41, 5.74) is 0. The Labute approximate surface area is 71.0 Å². The van der Waals surface area contributed by atoms with Gasteiger partial charge in [0.05, 0.1) is 0 Å². The highest BCUT2D eigenvalue weighted by molar-refractivity contribution is 5.81. The predicted molar refractivity (Wildman–Crippen MR) is 40.4 cm³/mol. The van der Waals surface area contributed by atoms with Gasteiger partial charge in [0.25, 0.3) is 0 Å². The molecule has 0 aromatic heterocycles. The normalized spacial score (nSPS) is 10.9. The SMILES string of the molecule is C=CC(=O)OCC[N+](O)(O)CC. The van der Waals surface area contributed by atoms with Crippen molar-refractivity contribution in [3.63, 3.8) is 0 Å². The average Bonchev–Trinajstić information content (AvgIpc) is 2.04. The van der Waals surface area contributed by atoms with E-state index in [2.05, 4.69) is 11.3 Å². The van der Waals surface area contributed by atoms with Gasteiger partial charge in [-0.1, -0.05) is 6.58 Å². The zero-order valence-electron chi connectivity index (χ0n) is 7.06. The highest BCUT2D eigenvalue weighted by Crippen LogP contribution is 1.93. The number of hydrogen-bond acceptors (Lipinski definition) is 4. The second-order valence-electron chi connectivity index (χ2n) is 2.29. The van der Waals surface area contributed by atoms with E-state index in [9.17, 15) is 4.79 Å². The molecule has 12 heavy (non-hydrogen) atoms. The molecular weight excluding hydrogens is 162 g/mol. The fourth-order valence-electron chi connectivity index (χ4n) is 0.509. The van der Waals surface area contributed by atoms with E-state index >= 15 is 0 Å². The molecule has 0 bridgehead atoms. The van der Waals surface area contributed by atoms with E-state index in [0.29, 0.717) is 0 Å². The quantitative estimate of drug-likeness (QED) is 0.274. The van der Waals surface area contributed by atoms with Gasteiger partial charge in [-0.2, -0.15) is 10.4 Å². The number of quaternary nitrogens is 1. The van der Waals surface area contributed by atoms with Gasteiger partial charge in [0.2, 0.25) is 0 Å². The van der Waals surface area contributed by atoms with E-state index in [1.807, 2.05) is 0 Å². The van der Waals surface area contributed by atoms with E-state index in [1.165, 1.54) is 0 Å². The third kappa shape index (κ3) is 4.84. The maximum atomic E-state index is 10.5. The molecule has 0 aliphatic heterocycles. The second-order valence-corrected chi connectivity index (χ2v) is 2.29. The van der Waals surface area contributed by atoms with Crippen molar-refractivity contribution in [1.82, 2.24) is 0 Å². The van der Waals surface area contributed by atoms with Crippen molar-refractivity contribution in [3.8, 4) is 0 Å². The van der Waals surface area contributed by atoms with Crippen molar-refractivity contribution >= 4 is 5.97 Å². The zero-order chi connectivity index (χ0) is 9.61. The number of likely N-dealkylation sites (N-methyl/N-ethyl adjacent to an activating group) is 1. The lowest BCUT2D eigenvalue weighted by molar-refractivity contribution is -1.24. The van der Waals surface area contributed by atoms with Crippen LogP contribution in [0, 0.1) is 0 Å². The van der Waals surface area contributed by atoms with Crippen LogP contribution in [-0.2, 0) is 9.53 Å². The Morgan fingerprint density at radius 3 is 2.67 bits per heavy atom. The molecule has 0 saturated heterocycles. The molecule has 0 fully saturated rings. The first kappa shape index (κ1) is 11.1. The molecule has 0 atom stereocenters. The molecule has 2 N–H and O–H groups in total. The summed E-state index contributed by atoms with van der Waals surface area (Å²) in [7, 11) is 0. The van der Waals surface area contributed by atoms with Gasteiger partial charge in [0.15, 0.2) is 6.54 Å². The standard InChI is InChI=1S/C7H14NO4/c1-3-7(9)12-6-5-8(10,11)4-2/h3,10-11H,1,4-6H2,2H3/q+1. The van der Waals surface area contributed by atoms with Crippen LogP contribution < -0.4 is 0 Å². The van der Waals surface area contributed by atoms with Crippen molar-refractivity contribution in [1.29, 1.82) is 0 Å². The van der Waals surface area contributed by atoms with Gasteiger partial charge in [-0.3, -0.25) is 0 Å². The number of ether oxygens (including phenoxy) is 1. The van der Waals surface area contributed by atoms with Crippen molar-refractivity contribution in [2.45, 2.75) is 6.92 Å². The Bertz CT molecular complexity index is 167. The maximum Gasteiger partial charge on any atom is 0.330 e. The van der Waals surface area contributed by atoms with E-state index in [0.717, 1.165) is 6.08 Å². The predicted octanol–water partition coefficient (Wildman–Crippen LogP) is 0.331. The lowest BCUT2D eigenvalue weighted by Crippen LogP contribution is -2.43. The van der Waals surface area contributed by atoms with E-state index in [4.69, 9.17) is 10.4 Å². The van der Waals surface area contributed by atoms with Crippen LogP contribution in [0.2, 0.25) is 0 Å². The Balaban J connectivity index is 3.56. The summed E-state index contributed by atoms with van der Waals surface area (Å²) in [4.78, 5) is 9.34. The van der Waals surface area contributed by atoms with Gasteiger partial charge in [-0.15, -0.1) is 0 Å². The lowest BCUT2D eigenvalue weighted by atomic mass is 10.6. The molecular formula is C7H14NO4+. The maximum absolute atomic E-state index is 10.5. The van der Waals surface area contributed by atoms with Crippen LogP contribution in [0.5, 0.6) is 0 Å². The molecule has 5 nitrogen and oxygen atoms in total. The first-order chi connectivity index (χ1) is 5.52. The Morgan fingerprint density at radius 2 is 2.25 bits per heavy atom. The van der Waals surface area contributed by atoms with E-state index < -0.39 is 10.8 Å². The molecule has 5 heteroatoms. The summed E-state index contributed by atoms with van der Waals surface area (Å²) in [6.45, 7) is 4.86. The van der Waals surface area contributed by atoms with Gasteiger partial charge in [-0.25, -0.2) is 4.79 Å². The minimum absolute atomic E-state index is 0.0360. The second kappa shape index (κ2) is 4.87. The Morgan fingerprint density at radius 1 is 1.67 bits per heavy atom. The number of hydrogen-bond donors (Lipinski definition) is 2. The molecule has 0 aliphatic carbocycles. The van der Waals surface area contributed by atoms with Crippen LogP contribution in [0.4, 0.5) is 0 Å².